The molecule has 3 heteroatoms. The molecule has 1 aromatic rings. The van der Waals surface area contributed by atoms with E-state index in [4.69, 9.17) is 5.73 Å². The second-order valence-corrected chi connectivity index (χ2v) is 3.34. The fraction of sp³-hybridized carbons (Fsp3) is 0.455. The summed E-state index contributed by atoms with van der Waals surface area (Å²) in [6.45, 7) is 0.174. The lowest BCUT2D eigenvalue weighted by Crippen LogP contribution is -1.99. The van der Waals surface area contributed by atoms with Crippen LogP contribution in [-0.4, -0.2) is 11.7 Å². The van der Waals surface area contributed by atoms with E-state index in [0.29, 0.717) is 12.1 Å². The van der Waals surface area contributed by atoms with E-state index in [-0.39, 0.29) is 5.75 Å². The van der Waals surface area contributed by atoms with Crippen LogP contribution < -0.4 is 5.73 Å². The van der Waals surface area contributed by atoms with Gasteiger partial charge < -0.3 is 10.8 Å². The van der Waals surface area contributed by atoms with Gasteiger partial charge in [-0.3, -0.25) is 0 Å². The highest BCUT2D eigenvalue weighted by Crippen LogP contribution is 2.20. The summed E-state index contributed by atoms with van der Waals surface area (Å²) in [5, 5.41) is 9.48. The van der Waals surface area contributed by atoms with Gasteiger partial charge in [0.1, 0.15) is 12.4 Å². The first kappa shape index (κ1) is 11.0. The Balaban J connectivity index is 2.64. The van der Waals surface area contributed by atoms with Crippen LogP contribution >= 0.6 is 0 Å². The first-order chi connectivity index (χ1) is 6.77. The van der Waals surface area contributed by atoms with Crippen LogP contribution in [0.3, 0.4) is 0 Å². The maximum absolute atomic E-state index is 12.3. The van der Waals surface area contributed by atoms with E-state index in [2.05, 4.69) is 0 Å². The van der Waals surface area contributed by atoms with Crippen molar-refractivity contribution in [1.82, 2.24) is 0 Å². The maximum Gasteiger partial charge on any atom is 0.118 e. The monoisotopic (exact) mass is 197 g/mol. The van der Waals surface area contributed by atoms with Gasteiger partial charge in [-0.25, -0.2) is 4.39 Å². The number of alkyl halides is 1. The Hall–Kier alpha value is -1.09. The van der Waals surface area contributed by atoms with Crippen molar-refractivity contribution in [3.63, 3.8) is 0 Å². The summed E-state index contributed by atoms with van der Waals surface area (Å²) in [5.74, 6) is 0.249. The van der Waals surface area contributed by atoms with Crippen LogP contribution in [0.1, 0.15) is 24.0 Å². The second-order valence-electron chi connectivity index (χ2n) is 3.34. The largest absolute Gasteiger partial charge is 0.508 e. The number of hydrogen-bond donors (Lipinski definition) is 2. The number of benzene rings is 1. The zero-order valence-electron chi connectivity index (χ0n) is 8.17. The molecule has 1 aromatic carbocycles. The highest BCUT2D eigenvalue weighted by molar-refractivity contribution is 5.36. The molecule has 0 aromatic heterocycles. The lowest BCUT2D eigenvalue weighted by Gasteiger charge is -2.05. The van der Waals surface area contributed by atoms with Crippen molar-refractivity contribution >= 4 is 0 Å². The van der Waals surface area contributed by atoms with E-state index < -0.39 is 6.67 Å². The summed E-state index contributed by atoms with van der Waals surface area (Å²) in [7, 11) is 0. The molecule has 0 bridgehead atoms. The Morgan fingerprint density at radius 1 is 1.29 bits per heavy atom. The quantitative estimate of drug-likeness (QED) is 0.710. The van der Waals surface area contributed by atoms with Crippen LogP contribution in [0.15, 0.2) is 18.2 Å². The average Bonchev–Trinajstić information content (AvgIpc) is 2.21. The van der Waals surface area contributed by atoms with Crippen molar-refractivity contribution in [3.8, 4) is 5.75 Å². The van der Waals surface area contributed by atoms with Crippen molar-refractivity contribution in [3.05, 3.63) is 29.3 Å². The Bertz CT molecular complexity index is 289. The number of phenolic OH excluding ortho intramolecular Hbond substituents is 1. The third kappa shape index (κ3) is 3.00. The van der Waals surface area contributed by atoms with Crippen molar-refractivity contribution in [2.45, 2.75) is 25.9 Å². The molecule has 0 aliphatic heterocycles. The molecule has 0 fully saturated rings. The SMILES string of the molecule is NCCCCc1cc(CF)ccc1O. The summed E-state index contributed by atoms with van der Waals surface area (Å²) < 4.78 is 12.3. The molecule has 0 amide bonds. The number of rotatable bonds is 5. The van der Waals surface area contributed by atoms with E-state index >= 15 is 0 Å². The van der Waals surface area contributed by atoms with E-state index in [0.717, 1.165) is 24.8 Å². The molecule has 3 N–H and O–H groups in total. The molecule has 0 aliphatic rings. The molecule has 0 saturated heterocycles. The van der Waals surface area contributed by atoms with E-state index in [9.17, 15) is 9.50 Å². The number of nitrogens with two attached hydrogens (primary N) is 1. The second kappa shape index (κ2) is 5.60. The third-order valence-corrected chi connectivity index (χ3v) is 2.20. The van der Waals surface area contributed by atoms with Crippen LogP contribution in [0.2, 0.25) is 0 Å². The predicted octanol–water partition coefficient (Wildman–Crippen LogP) is 2.14. The van der Waals surface area contributed by atoms with Gasteiger partial charge in [-0.1, -0.05) is 6.07 Å². The summed E-state index contributed by atoms with van der Waals surface area (Å²) in [5.41, 5.74) is 6.79. The number of halogens is 1. The summed E-state index contributed by atoms with van der Waals surface area (Å²) in [6.07, 6.45) is 2.62. The first-order valence-corrected chi connectivity index (χ1v) is 4.84. The van der Waals surface area contributed by atoms with Gasteiger partial charge in [0.05, 0.1) is 0 Å². The smallest absolute Gasteiger partial charge is 0.118 e. The number of unbranched alkanes of at least 4 members (excludes halogenated alkanes) is 1. The molecule has 0 aliphatic carbocycles. The van der Waals surface area contributed by atoms with Crippen LogP contribution in [0.4, 0.5) is 4.39 Å². The zero-order chi connectivity index (χ0) is 10.4. The van der Waals surface area contributed by atoms with Crippen molar-refractivity contribution in [2.75, 3.05) is 6.54 Å². The molecule has 1 rings (SSSR count). The van der Waals surface area contributed by atoms with Crippen LogP contribution in [0.5, 0.6) is 5.75 Å². The van der Waals surface area contributed by atoms with Gasteiger partial charge in [0.15, 0.2) is 0 Å². The van der Waals surface area contributed by atoms with Crippen molar-refractivity contribution in [2.24, 2.45) is 5.73 Å². The molecular formula is C11H16FNO. The molecule has 0 radical (unpaired) electrons. The van der Waals surface area contributed by atoms with Gasteiger partial charge in [0.2, 0.25) is 0 Å². The summed E-state index contributed by atoms with van der Waals surface area (Å²) in [4.78, 5) is 0. The molecule has 0 heterocycles. The summed E-state index contributed by atoms with van der Waals surface area (Å²) >= 11 is 0. The van der Waals surface area contributed by atoms with Gasteiger partial charge in [0, 0.05) is 0 Å². The van der Waals surface area contributed by atoms with Gasteiger partial charge >= 0.3 is 0 Å². The highest BCUT2D eigenvalue weighted by atomic mass is 19.1. The average molecular weight is 197 g/mol. The van der Waals surface area contributed by atoms with Crippen LogP contribution in [0.25, 0.3) is 0 Å². The zero-order valence-corrected chi connectivity index (χ0v) is 8.17. The normalized spacial score (nSPS) is 10.4. The Kier molecular flexibility index (Phi) is 4.40. The minimum absolute atomic E-state index is 0.249. The van der Waals surface area contributed by atoms with Gasteiger partial charge in [-0.2, -0.15) is 0 Å². The number of hydrogen-bond acceptors (Lipinski definition) is 2. The molecular weight excluding hydrogens is 181 g/mol. The van der Waals surface area contributed by atoms with Gasteiger partial charge in [-0.05, 0) is 49.1 Å². The van der Waals surface area contributed by atoms with Gasteiger partial charge in [-0.15, -0.1) is 0 Å². The highest BCUT2D eigenvalue weighted by Gasteiger charge is 2.02. The van der Waals surface area contributed by atoms with Crippen LogP contribution in [-0.2, 0) is 13.1 Å². The number of aromatic hydroxyl groups is 1. The maximum atomic E-state index is 12.3. The molecule has 0 spiro atoms. The first-order valence-electron chi connectivity index (χ1n) is 4.84. The number of phenols is 1. The van der Waals surface area contributed by atoms with Crippen molar-refractivity contribution < 1.29 is 9.50 Å². The molecule has 0 saturated carbocycles. The third-order valence-electron chi connectivity index (χ3n) is 2.20. The lowest BCUT2D eigenvalue weighted by molar-refractivity contribution is 0.462. The predicted molar refractivity (Wildman–Crippen MR) is 54.9 cm³/mol. The van der Waals surface area contributed by atoms with Crippen LogP contribution in [0, 0.1) is 0 Å². The Morgan fingerprint density at radius 3 is 2.71 bits per heavy atom. The Morgan fingerprint density at radius 2 is 2.07 bits per heavy atom. The lowest BCUT2D eigenvalue weighted by atomic mass is 10.0. The fourth-order valence-corrected chi connectivity index (χ4v) is 1.38. The van der Waals surface area contributed by atoms with Gasteiger partial charge in [0.25, 0.3) is 0 Å². The molecule has 78 valence electrons. The van der Waals surface area contributed by atoms with Crippen molar-refractivity contribution in [1.29, 1.82) is 0 Å². The molecule has 2 nitrogen and oxygen atoms in total. The van der Waals surface area contributed by atoms with E-state index in [1.807, 2.05) is 0 Å². The van der Waals surface area contributed by atoms with E-state index in [1.54, 1.807) is 18.2 Å². The fourth-order valence-electron chi connectivity index (χ4n) is 1.38. The molecule has 14 heavy (non-hydrogen) atoms. The molecule has 0 atom stereocenters. The number of aryl methyl sites for hydroxylation is 1. The van der Waals surface area contributed by atoms with E-state index in [1.165, 1.54) is 0 Å². The minimum atomic E-state index is -0.482. The summed E-state index contributed by atoms with van der Waals surface area (Å²) in [6, 6.07) is 4.86. The standard InChI is InChI=1S/C11H16FNO/c12-8-9-4-5-11(14)10(7-9)3-1-2-6-13/h4-5,7,14H,1-3,6,8,13H2. The topological polar surface area (TPSA) is 46.2 Å². The Labute approximate surface area is 83.6 Å². The minimum Gasteiger partial charge on any atom is -0.508 e. The molecule has 0 unspecified atom stereocenters.